The first kappa shape index (κ1) is 15.5. The molecule has 0 aliphatic carbocycles. The standard InChI is InChI=1S/C17H12O7S/c1-25(19,20)24-11-3-4-12-14(8-11)23-16(17(12)18)7-10-2-5-13-15(6-10)22-9-21-13/h2-8H,9H2,1H3. The van der Waals surface area contributed by atoms with Crippen LogP contribution in [0.15, 0.2) is 42.2 Å². The Morgan fingerprint density at radius 3 is 2.64 bits per heavy atom. The summed E-state index contributed by atoms with van der Waals surface area (Å²) in [5.41, 5.74) is 1.06. The summed E-state index contributed by atoms with van der Waals surface area (Å²) in [4.78, 5) is 12.4. The van der Waals surface area contributed by atoms with E-state index < -0.39 is 10.1 Å². The highest BCUT2D eigenvalue weighted by molar-refractivity contribution is 7.86. The Labute approximate surface area is 143 Å². The number of ether oxygens (including phenoxy) is 3. The predicted octanol–water partition coefficient (Wildman–Crippen LogP) is 2.37. The molecule has 2 aliphatic heterocycles. The molecule has 25 heavy (non-hydrogen) atoms. The van der Waals surface area contributed by atoms with Gasteiger partial charge < -0.3 is 18.4 Å². The van der Waals surface area contributed by atoms with Crippen molar-refractivity contribution < 1.29 is 31.6 Å². The minimum Gasteiger partial charge on any atom is -0.454 e. The number of allylic oxidation sites excluding steroid dienone is 1. The molecule has 2 aromatic rings. The van der Waals surface area contributed by atoms with Crippen LogP contribution in [0.25, 0.3) is 6.08 Å². The Kier molecular flexibility index (Phi) is 3.43. The van der Waals surface area contributed by atoms with E-state index in [9.17, 15) is 13.2 Å². The number of hydrogen-bond donors (Lipinski definition) is 0. The summed E-state index contributed by atoms with van der Waals surface area (Å²) in [5, 5.41) is 0. The van der Waals surface area contributed by atoms with Crippen LogP contribution in [0.3, 0.4) is 0 Å². The number of fused-ring (bicyclic) bond motifs is 2. The van der Waals surface area contributed by atoms with Crippen molar-refractivity contribution in [1.82, 2.24) is 0 Å². The van der Waals surface area contributed by atoms with Crippen molar-refractivity contribution in [1.29, 1.82) is 0 Å². The van der Waals surface area contributed by atoms with Crippen molar-refractivity contribution in [3.8, 4) is 23.0 Å². The summed E-state index contributed by atoms with van der Waals surface area (Å²) in [5.74, 6) is 1.41. The zero-order valence-electron chi connectivity index (χ0n) is 13.0. The molecule has 128 valence electrons. The molecule has 0 unspecified atom stereocenters. The maximum absolute atomic E-state index is 12.4. The lowest BCUT2D eigenvalue weighted by Gasteiger charge is -2.04. The van der Waals surface area contributed by atoms with Crippen LogP contribution < -0.4 is 18.4 Å². The average molecular weight is 360 g/mol. The van der Waals surface area contributed by atoms with Crippen LogP contribution in [0.2, 0.25) is 0 Å². The van der Waals surface area contributed by atoms with Gasteiger partial charge in [0.1, 0.15) is 11.5 Å². The van der Waals surface area contributed by atoms with Crippen molar-refractivity contribution in [3.05, 3.63) is 53.3 Å². The zero-order valence-corrected chi connectivity index (χ0v) is 13.8. The van der Waals surface area contributed by atoms with Gasteiger partial charge in [-0.3, -0.25) is 4.79 Å². The van der Waals surface area contributed by atoms with Crippen molar-refractivity contribution in [3.63, 3.8) is 0 Å². The van der Waals surface area contributed by atoms with Crippen molar-refractivity contribution >= 4 is 22.0 Å². The van der Waals surface area contributed by atoms with E-state index in [1.54, 1.807) is 24.3 Å². The highest BCUT2D eigenvalue weighted by Crippen LogP contribution is 2.37. The summed E-state index contributed by atoms with van der Waals surface area (Å²) in [6.45, 7) is 0.166. The number of carbonyl (C=O) groups is 1. The molecule has 2 aliphatic rings. The Bertz CT molecular complexity index is 1020. The van der Waals surface area contributed by atoms with Crippen LogP contribution in [0.5, 0.6) is 23.0 Å². The summed E-state index contributed by atoms with van der Waals surface area (Å²) in [6.07, 6.45) is 2.53. The molecular weight excluding hydrogens is 348 g/mol. The number of benzene rings is 2. The molecule has 0 saturated heterocycles. The lowest BCUT2D eigenvalue weighted by molar-refractivity contribution is 0.101. The maximum Gasteiger partial charge on any atom is 0.306 e. The molecule has 0 atom stereocenters. The van der Waals surface area contributed by atoms with Crippen LogP contribution >= 0.6 is 0 Å². The van der Waals surface area contributed by atoms with Crippen molar-refractivity contribution in [2.24, 2.45) is 0 Å². The van der Waals surface area contributed by atoms with Gasteiger partial charge in [-0.15, -0.1) is 0 Å². The molecule has 0 N–H and O–H groups in total. The molecule has 0 fully saturated rings. The van der Waals surface area contributed by atoms with E-state index in [0.29, 0.717) is 22.6 Å². The van der Waals surface area contributed by atoms with Gasteiger partial charge in [-0.25, -0.2) is 0 Å². The highest BCUT2D eigenvalue weighted by atomic mass is 32.2. The predicted molar refractivity (Wildman–Crippen MR) is 87.4 cm³/mol. The summed E-state index contributed by atoms with van der Waals surface area (Å²) < 4.78 is 43.3. The molecular formula is C17H12O7S. The summed E-state index contributed by atoms with van der Waals surface area (Å²) in [6, 6.07) is 9.52. The number of hydrogen-bond acceptors (Lipinski definition) is 7. The molecule has 0 bridgehead atoms. The molecule has 0 radical (unpaired) electrons. The molecule has 0 amide bonds. The normalized spacial score (nSPS) is 16.7. The lowest BCUT2D eigenvalue weighted by atomic mass is 10.1. The molecule has 2 aromatic carbocycles. The fourth-order valence-corrected chi connectivity index (χ4v) is 3.00. The van der Waals surface area contributed by atoms with Gasteiger partial charge in [0.05, 0.1) is 11.8 Å². The monoisotopic (exact) mass is 360 g/mol. The van der Waals surface area contributed by atoms with E-state index in [4.69, 9.17) is 18.4 Å². The molecule has 4 rings (SSSR count). The van der Waals surface area contributed by atoms with Gasteiger partial charge in [0.2, 0.25) is 12.6 Å². The number of Topliss-reactive ketones (excluding diaryl/α,β-unsaturated/α-hetero) is 1. The van der Waals surface area contributed by atoms with E-state index in [-0.39, 0.29) is 29.8 Å². The van der Waals surface area contributed by atoms with Gasteiger partial charge >= 0.3 is 10.1 Å². The summed E-state index contributed by atoms with van der Waals surface area (Å²) >= 11 is 0. The maximum atomic E-state index is 12.4. The van der Waals surface area contributed by atoms with E-state index in [2.05, 4.69) is 0 Å². The minimum absolute atomic E-state index is 0.0818. The van der Waals surface area contributed by atoms with Gasteiger partial charge in [0, 0.05) is 6.07 Å². The van der Waals surface area contributed by atoms with Gasteiger partial charge in [-0.05, 0) is 35.9 Å². The van der Waals surface area contributed by atoms with Crippen molar-refractivity contribution in [2.45, 2.75) is 0 Å². The van der Waals surface area contributed by atoms with Gasteiger partial charge in [-0.2, -0.15) is 8.42 Å². The third-order valence-electron chi connectivity index (χ3n) is 3.58. The molecule has 0 spiro atoms. The van der Waals surface area contributed by atoms with Gasteiger partial charge in [-0.1, -0.05) is 6.07 Å². The fourth-order valence-electron chi connectivity index (χ4n) is 2.55. The second-order valence-corrected chi connectivity index (χ2v) is 7.07. The van der Waals surface area contributed by atoms with Crippen LogP contribution in [0.4, 0.5) is 0 Å². The van der Waals surface area contributed by atoms with E-state index in [0.717, 1.165) is 6.26 Å². The molecule has 8 heteroatoms. The first-order chi connectivity index (χ1) is 11.9. The minimum atomic E-state index is -3.66. The SMILES string of the molecule is CS(=O)(=O)Oc1ccc2c(c1)OC(=Cc1ccc3c(c1)OCO3)C2=O. The topological polar surface area (TPSA) is 88.1 Å². The van der Waals surface area contributed by atoms with Crippen LogP contribution in [-0.4, -0.2) is 27.2 Å². The number of rotatable bonds is 3. The first-order valence-electron chi connectivity index (χ1n) is 7.26. The van der Waals surface area contributed by atoms with E-state index >= 15 is 0 Å². The van der Waals surface area contributed by atoms with Gasteiger partial charge in [0.15, 0.2) is 17.3 Å². The quantitative estimate of drug-likeness (QED) is 0.613. The third-order valence-corrected chi connectivity index (χ3v) is 4.08. The second-order valence-electron chi connectivity index (χ2n) is 5.50. The third kappa shape index (κ3) is 3.03. The van der Waals surface area contributed by atoms with Crippen LogP contribution in [0.1, 0.15) is 15.9 Å². The van der Waals surface area contributed by atoms with Crippen molar-refractivity contribution in [2.75, 3.05) is 13.0 Å². The van der Waals surface area contributed by atoms with E-state index in [1.165, 1.54) is 18.2 Å². The largest absolute Gasteiger partial charge is 0.454 e. The Morgan fingerprint density at radius 1 is 1.04 bits per heavy atom. The Balaban J connectivity index is 1.63. The highest BCUT2D eigenvalue weighted by Gasteiger charge is 2.28. The van der Waals surface area contributed by atoms with E-state index in [1.807, 2.05) is 0 Å². The fraction of sp³-hybridized carbons (Fsp3) is 0.118. The average Bonchev–Trinajstić information content (AvgIpc) is 3.10. The second kappa shape index (κ2) is 5.52. The Hall–Kier alpha value is -3.00. The van der Waals surface area contributed by atoms with Crippen LogP contribution in [0, 0.1) is 0 Å². The Morgan fingerprint density at radius 2 is 1.84 bits per heavy atom. The zero-order chi connectivity index (χ0) is 17.6. The molecule has 7 nitrogen and oxygen atoms in total. The smallest absolute Gasteiger partial charge is 0.306 e. The summed E-state index contributed by atoms with van der Waals surface area (Å²) in [7, 11) is -3.66. The number of ketones is 1. The lowest BCUT2D eigenvalue weighted by Crippen LogP contribution is -2.05. The van der Waals surface area contributed by atoms with Gasteiger partial charge in [0.25, 0.3) is 0 Å². The molecule has 2 heterocycles. The number of carbonyl (C=O) groups excluding carboxylic acids is 1. The molecule has 0 saturated carbocycles. The molecule has 0 aromatic heterocycles. The van der Waals surface area contributed by atoms with Crippen LogP contribution in [-0.2, 0) is 10.1 Å². The first-order valence-corrected chi connectivity index (χ1v) is 9.08.